The monoisotopic (exact) mass is 361 g/mol. The van der Waals surface area contributed by atoms with E-state index in [1.165, 1.54) is 9.71 Å². The second-order valence-electron chi connectivity index (χ2n) is 6.06. The predicted octanol–water partition coefficient (Wildman–Crippen LogP) is 1.73. The van der Waals surface area contributed by atoms with Gasteiger partial charge in [0, 0.05) is 46.2 Å². The smallest absolute Gasteiger partial charge is 0.191 e. The van der Waals surface area contributed by atoms with Crippen molar-refractivity contribution in [3.05, 3.63) is 29.3 Å². The third-order valence-corrected chi connectivity index (χ3v) is 5.34. The summed E-state index contributed by atoms with van der Waals surface area (Å²) in [6.45, 7) is 6.56. The van der Waals surface area contributed by atoms with Gasteiger partial charge in [0.25, 0.3) is 0 Å². The molecule has 1 aromatic carbocycles. The molecular formula is C18H27N5OS. The average Bonchev–Trinajstić information content (AvgIpc) is 3.07. The normalized spacial score (nSPS) is 16.3. The molecule has 2 aromatic rings. The molecule has 136 valence electrons. The van der Waals surface area contributed by atoms with Crippen molar-refractivity contribution in [1.82, 2.24) is 20.5 Å². The van der Waals surface area contributed by atoms with Crippen molar-refractivity contribution in [1.29, 1.82) is 0 Å². The van der Waals surface area contributed by atoms with Crippen molar-refractivity contribution in [2.75, 3.05) is 53.0 Å². The lowest BCUT2D eigenvalue weighted by molar-refractivity contribution is 0.0389. The summed E-state index contributed by atoms with van der Waals surface area (Å²) in [5, 5.41) is 7.97. The average molecular weight is 362 g/mol. The van der Waals surface area contributed by atoms with Crippen molar-refractivity contribution < 1.29 is 4.74 Å². The molecule has 0 aliphatic carbocycles. The van der Waals surface area contributed by atoms with Gasteiger partial charge in [-0.2, -0.15) is 0 Å². The molecule has 0 unspecified atom stereocenters. The Morgan fingerprint density at radius 2 is 2.04 bits per heavy atom. The van der Waals surface area contributed by atoms with Crippen LogP contribution in [0.2, 0.25) is 0 Å². The van der Waals surface area contributed by atoms with Crippen LogP contribution in [0.5, 0.6) is 0 Å². The molecule has 2 N–H and O–H groups in total. The predicted molar refractivity (Wildman–Crippen MR) is 105 cm³/mol. The number of morpholine rings is 1. The number of ether oxygens (including phenoxy) is 1. The van der Waals surface area contributed by atoms with E-state index in [1.807, 2.05) is 13.1 Å². The zero-order valence-electron chi connectivity index (χ0n) is 14.8. The van der Waals surface area contributed by atoms with Crippen molar-refractivity contribution in [3.63, 3.8) is 0 Å². The summed E-state index contributed by atoms with van der Waals surface area (Å²) in [4.78, 5) is 11.4. The molecule has 1 saturated heterocycles. The summed E-state index contributed by atoms with van der Waals surface area (Å²) in [6.07, 6.45) is 2.04. The maximum absolute atomic E-state index is 5.37. The highest BCUT2D eigenvalue weighted by Crippen LogP contribution is 2.22. The fourth-order valence-electron chi connectivity index (χ4n) is 2.85. The molecule has 0 bridgehead atoms. The molecule has 2 heterocycles. The van der Waals surface area contributed by atoms with Gasteiger partial charge in [-0.15, -0.1) is 11.3 Å². The summed E-state index contributed by atoms with van der Waals surface area (Å²) in [6, 6.07) is 8.32. The first-order valence-electron chi connectivity index (χ1n) is 8.94. The number of rotatable bonds is 7. The quantitative estimate of drug-likeness (QED) is 0.447. The van der Waals surface area contributed by atoms with Crippen LogP contribution in [0, 0.1) is 0 Å². The van der Waals surface area contributed by atoms with Crippen LogP contribution >= 0.6 is 11.3 Å². The van der Waals surface area contributed by atoms with Crippen LogP contribution in [0.25, 0.3) is 10.2 Å². The molecule has 0 spiro atoms. The zero-order valence-corrected chi connectivity index (χ0v) is 15.6. The summed E-state index contributed by atoms with van der Waals surface area (Å²) in [5.41, 5.74) is 1.11. The van der Waals surface area contributed by atoms with Gasteiger partial charge < -0.3 is 15.4 Å². The fraction of sp³-hybridized carbons (Fsp3) is 0.556. The standard InChI is InChI=1S/C18H27N5OS/c1-19-18(21-9-10-23-11-13-24-14-12-23)20-8-4-7-17-22-15-5-2-3-6-16(15)25-17/h2-3,5-6H,4,7-14H2,1H3,(H2,19,20,21). The van der Waals surface area contributed by atoms with Gasteiger partial charge in [0.2, 0.25) is 0 Å². The molecule has 25 heavy (non-hydrogen) atoms. The number of guanidine groups is 1. The van der Waals surface area contributed by atoms with Gasteiger partial charge >= 0.3 is 0 Å². The Bertz CT molecular complexity index is 648. The van der Waals surface area contributed by atoms with E-state index in [1.54, 1.807) is 11.3 Å². The van der Waals surface area contributed by atoms with Crippen molar-refractivity contribution in [2.45, 2.75) is 12.8 Å². The Balaban J connectivity index is 1.32. The highest BCUT2D eigenvalue weighted by atomic mass is 32.1. The van der Waals surface area contributed by atoms with Gasteiger partial charge in [-0.25, -0.2) is 4.98 Å². The highest BCUT2D eigenvalue weighted by molar-refractivity contribution is 7.18. The number of thiazole rings is 1. The molecule has 0 saturated carbocycles. The third-order valence-electron chi connectivity index (χ3n) is 4.25. The van der Waals surface area contributed by atoms with E-state index in [-0.39, 0.29) is 0 Å². The van der Waals surface area contributed by atoms with Crippen LogP contribution in [-0.4, -0.2) is 68.8 Å². The summed E-state index contributed by atoms with van der Waals surface area (Å²) < 4.78 is 6.64. The lowest BCUT2D eigenvalue weighted by Gasteiger charge is -2.26. The molecule has 1 aliphatic heterocycles. The minimum Gasteiger partial charge on any atom is -0.379 e. The van der Waals surface area contributed by atoms with Crippen LogP contribution in [0.3, 0.4) is 0 Å². The first kappa shape index (κ1) is 18.1. The molecule has 6 nitrogen and oxygen atoms in total. The number of hydrogen-bond acceptors (Lipinski definition) is 5. The number of benzene rings is 1. The lowest BCUT2D eigenvalue weighted by Crippen LogP contribution is -2.44. The molecule has 1 aliphatic rings. The first-order chi connectivity index (χ1) is 12.3. The number of aromatic nitrogens is 1. The largest absolute Gasteiger partial charge is 0.379 e. The van der Waals surface area contributed by atoms with Crippen LogP contribution in [0.1, 0.15) is 11.4 Å². The minimum absolute atomic E-state index is 0.846. The topological polar surface area (TPSA) is 61.8 Å². The number of fused-ring (bicyclic) bond motifs is 1. The van der Waals surface area contributed by atoms with E-state index >= 15 is 0 Å². The van der Waals surface area contributed by atoms with Gasteiger partial charge in [-0.1, -0.05) is 12.1 Å². The van der Waals surface area contributed by atoms with Crippen LogP contribution in [0.4, 0.5) is 0 Å². The zero-order chi connectivity index (χ0) is 17.3. The molecule has 3 rings (SSSR count). The number of nitrogens with one attached hydrogen (secondary N) is 2. The molecule has 1 aromatic heterocycles. The lowest BCUT2D eigenvalue weighted by atomic mass is 10.3. The van der Waals surface area contributed by atoms with Crippen LogP contribution in [0.15, 0.2) is 29.3 Å². The summed E-state index contributed by atoms with van der Waals surface area (Å²) >= 11 is 1.79. The molecular weight excluding hydrogens is 334 g/mol. The summed E-state index contributed by atoms with van der Waals surface area (Å²) in [7, 11) is 1.82. The fourth-order valence-corrected chi connectivity index (χ4v) is 3.86. The highest BCUT2D eigenvalue weighted by Gasteiger charge is 2.09. The third kappa shape index (κ3) is 5.66. The van der Waals surface area contributed by atoms with E-state index in [4.69, 9.17) is 4.74 Å². The molecule has 0 amide bonds. The molecule has 1 fully saturated rings. The van der Waals surface area contributed by atoms with E-state index in [9.17, 15) is 0 Å². The Morgan fingerprint density at radius 3 is 2.84 bits per heavy atom. The van der Waals surface area contributed by atoms with Gasteiger partial charge in [-0.05, 0) is 18.6 Å². The summed E-state index contributed by atoms with van der Waals surface area (Å²) in [5.74, 6) is 0.873. The van der Waals surface area contributed by atoms with E-state index in [0.29, 0.717) is 0 Å². The SMILES string of the molecule is CN=C(NCCCc1nc2ccccc2s1)NCCN1CCOCC1. The Morgan fingerprint density at radius 1 is 1.24 bits per heavy atom. The van der Waals surface area contributed by atoms with Crippen LogP contribution in [-0.2, 0) is 11.2 Å². The number of hydrogen-bond donors (Lipinski definition) is 2. The van der Waals surface area contributed by atoms with Crippen molar-refractivity contribution >= 4 is 27.5 Å². The Kier molecular flexibility index (Phi) is 7.02. The molecule has 0 atom stereocenters. The van der Waals surface area contributed by atoms with Crippen molar-refractivity contribution in [3.8, 4) is 0 Å². The number of nitrogens with zero attached hydrogens (tertiary/aromatic N) is 3. The Hall–Kier alpha value is -1.70. The second kappa shape index (κ2) is 9.70. The van der Waals surface area contributed by atoms with Gasteiger partial charge in [0.15, 0.2) is 5.96 Å². The van der Waals surface area contributed by atoms with Gasteiger partial charge in [0.05, 0.1) is 28.4 Å². The second-order valence-corrected chi connectivity index (χ2v) is 7.17. The molecule has 7 heteroatoms. The van der Waals surface area contributed by atoms with E-state index < -0.39 is 0 Å². The van der Waals surface area contributed by atoms with Crippen molar-refractivity contribution in [2.24, 2.45) is 4.99 Å². The first-order valence-corrected chi connectivity index (χ1v) is 9.76. The minimum atomic E-state index is 0.846. The maximum atomic E-state index is 5.37. The van der Waals surface area contributed by atoms with Gasteiger partial charge in [0.1, 0.15) is 0 Å². The number of para-hydroxylation sites is 1. The van der Waals surface area contributed by atoms with Crippen LogP contribution < -0.4 is 10.6 Å². The van der Waals surface area contributed by atoms with E-state index in [0.717, 1.165) is 70.3 Å². The number of aliphatic imine (C=N–C) groups is 1. The molecule has 0 radical (unpaired) electrons. The Labute approximate surface area is 153 Å². The van der Waals surface area contributed by atoms with Gasteiger partial charge in [-0.3, -0.25) is 9.89 Å². The number of aryl methyl sites for hydroxylation is 1. The maximum Gasteiger partial charge on any atom is 0.191 e. The van der Waals surface area contributed by atoms with E-state index in [2.05, 4.69) is 43.7 Å².